The molecule has 6 aromatic rings. The Morgan fingerprint density at radius 2 is 0.926 bits per heavy atom. The van der Waals surface area contributed by atoms with Crippen LogP contribution in [0.3, 0.4) is 0 Å². The molecule has 0 aliphatic carbocycles. The molecule has 0 bridgehead atoms. The fourth-order valence-corrected chi connectivity index (χ4v) is 7.23. The predicted molar refractivity (Wildman–Crippen MR) is 195 cm³/mol. The minimum Gasteiger partial charge on any atom is -0.497 e. The first-order valence-corrected chi connectivity index (χ1v) is 17.2. The van der Waals surface area contributed by atoms with Crippen LogP contribution >= 0.6 is 31.9 Å². The minimum absolute atomic E-state index is 0.201. The van der Waals surface area contributed by atoms with Gasteiger partial charge in [0.2, 0.25) is 13.1 Å². The van der Waals surface area contributed by atoms with Crippen molar-refractivity contribution in [1.82, 2.24) is 9.97 Å². The van der Waals surface area contributed by atoms with Gasteiger partial charge in [0.15, 0.2) is 10.8 Å². The Labute approximate surface area is 319 Å². The largest absolute Gasteiger partial charge is 0.497 e. The summed E-state index contributed by atoms with van der Waals surface area (Å²) in [4.78, 5) is 26.3. The van der Waals surface area contributed by atoms with Crippen LogP contribution in [0.5, 0.6) is 11.5 Å². The quantitative estimate of drug-likeness (QED) is 0.0799. The van der Waals surface area contributed by atoms with E-state index in [0.717, 1.165) is 0 Å². The molecule has 6 rings (SSSR count). The summed E-state index contributed by atoms with van der Waals surface area (Å²) in [7, 11) is 2.78. The van der Waals surface area contributed by atoms with E-state index in [0.29, 0.717) is 31.5 Å². The molecule has 2 N–H and O–H groups in total. The van der Waals surface area contributed by atoms with Crippen molar-refractivity contribution in [3.8, 4) is 11.5 Å². The highest BCUT2D eigenvalue weighted by molar-refractivity contribution is 9.10. The molecule has 4 aromatic carbocycles. The van der Waals surface area contributed by atoms with Crippen molar-refractivity contribution in [2.24, 2.45) is 0 Å². The summed E-state index contributed by atoms with van der Waals surface area (Å²) >= 11 is 6.50. The van der Waals surface area contributed by atoms with Gasteiger partial charge >= 0.3 is 12.4 Å². The first kappa shape index (κ1) is 40.1. The topological polar surface area (TPSA) is 136 Å². The number of benzene rings is 4. The molecule has 0 radical (unpaired) electrons. The number of aromatic amines is 2. The molecule has 18 heteroatoms. The van der Waals surface area contributed by atoms with Gasteiger partial charge in [-0.2, -0.15) is 26.3 Å². The van der Waals surface area contributed by atoms with E-state index in [2.05, 4.69) is 41.8 Å². The number of hydrogen-bond donors (Lipinski definition) is 2. The lowest BCUT2D eigenvalue weighted by Crippen LogP contribution is -2.48. The zero-order chi connectivity index (χ0) is 39.6. The standard InChI is InChI=1S/2C18H14BrF3N2O3/c2*1-27-13-5-2-11(3-6-13)17(10-24(25)26,18(20,21)22)15-9-23-16-7-4-12(19)8-14(15)16/h2*2-9,23H,10H2,1H3/t2*17-/m00/s1. The number of methoxy groups -OCH3 is 2. The van der Waals surface area contributed by atoms with E-state index in [4.69, 9.17) is 9.47 Å². The maximum Gasteiger partial charge on any atom is 0.408 e. The van der Waals surface area contributed by atoms with Crippen LogP contribution in [0.15, 0.2) is 106 Å². The van der Waals surface area contributed by atoms with Crippen LogP contribution in [0.2, 0.25) is 0 Å². The molecule has 2 heterocycles. The number of ether oxygens (including phenoxy) is 2. The maximum atomic E-state index is 14.4. The molecule has 0 aliphatic heterocycles. The van der Waals surface area contributed by atoms with Crippen molar-refractivity contribution in [2.75, 3.05) is 27.3 Å². The molecule has 0 spiro atoms. The number of halogens is 8. The zero-order valence-corrected chi connectivity index (χ0v) is 31.2. The average Bonchev–Trinajstić information content (AvgIpc) is 3.73. The second-order valence-corrected chi connectivity index (χ2v) is 13.9. The molecule has 54 heavy (non-hydrogen) atoms. The Hall–Kier alpha value is -5.10. The van der Waals surface area contributed by atoms with E-state index >= 15 is 0 Å². The number of alkyl halides is 6. The van der Waals surface area contributed by atoms with Crippen molar-refractivity contribution in [3.05, 3.63) is 149 Å². The Bertz CT molecular complexity index is 2130. The normalized spacial score (nSPS) is 14.1. The molecule has 0 saturated heterocycles. The number of hydrogen-bond acceptors (Lipinski definition) is 6. The summed E-state index contributed by atoms with van der Waals surface area (Å²) in [6, 6.07) is 19.9. The van der Waals surface area contributed by atoms with Crippen LogP contribution in [-0.2, 0) is 10.8 Å². The third kappa shape index (κ3) is 7.48. The smallest absolute Gasteiger partial charge is 0.408 e. The average molecular weight is 886 g/mol. The van der Waals surface area contributed by atoms with Crippen LogP contribution in [-0.4, -0.2) is 59.5 Å². The summed E-state index contributed by atoms with van der Waals surface area (Å²) < 4.78 is 97.7. The highest BCUT2D eigenvalue weighted by Gasteiger charge is 2.63. The summed E-state index contributed by atoms with van der Waals surface area (Å²) in [6.45, 7) is -2.66. The molecule has 0 saturated carbocycles. The van der Waals surface area contributed by atoms with Gasteiger partial charge in [-0.25, -0.2) is 0 Å². The molecule has 2 atom stereocenters. The Morgan fingerprint density at radius 3 is 1.20 bits per heavy atom. The first-order chi connectivity index (χ1) is 25.4. The fourth-order valence-electron chi connectivity index (χ4n) is 6.51. The van der Waals surface area contributed by atoms with E-state index in [9.17, 15) is 46.6 Å². The van der Waals surface area contributed by atoms with Gasteiger partial charge < -0.3 is 19.4 Å². The number of rotatable bonds is 10. The summed E-state index contributed by atoms with van der Waals surface area (Å²) in [6.07, 6.45) is -7.44. The van der Waals surface area contributed by atoms with Crippen molar-refractivity contribution in [1.29, 1.82) is 0 Å². The molecule has 0 unspecified atom stereocenters. The van der Waals surface area contributed by atoms with Crippen molar-refractivity contribution in [2.45, 2.75) is 23.2 Å². The van der Waals surface area contributed by atoms with Gasteiger partial charge in [-0.1, -0.05) is 56.1 Å². The third-order valence-corrected chi connectivity index (χ3v) is 10.1. The molecule has 0 aliphatic rings. The van der Waals surface area contributed by atoms with Crippen molar-refractivity contribution < 1.29 is 45.7 Å². The molecule has 2 aromatic heterocycles. The second-order valence-electron chi connectivity index (χ2n) is 12.0. The molecular weight excluding hydrogens is 858 g/mol. The fraction of sp³-hybridized carbons (Fsp3) is 0.222. The predicted octanol–water partition coefficient (Wildman–Crippen LogP) is 10.1. The van der Waals surface area contributed by atoms with Crippen LogP contribution < -0.4 is 9.47 Å². The summed E-state index contributed by atoms with van der Waals surface area (Å²) in [5.41, 5.74) is -5.58. The molecule has 0 amide bonds. The zero-order valence-electron chi connectivity index (χ0n) is 28.0. The van der Waals surface area contributed by atoms with Crippen molar-refractivity contribution >= 4 is 53.7 Å². The number of nitrogens with zero attached hydrogens (tertiary/aromatic N) is 2. The lowest BCUT2D eigenvalue weighted by molar-refractivity contribution is -0.498. The number of H-pyrrole nitrogens is 2. The van der Waals surface area contributed by atoms with E-state index < -0.39 is 46.1 Å². The van der Waals surface area contributed by atoms with E-state index in [1.165, 1.54) is 87.3 Å². The lowest BCUT2D eigenvalue weighted by atomic mass is 9.73. The summed E-state index contributed by atoms with van der Waals surface area (Å²) in [5.74, 6) is 0.718. The highest BCUT2D eigenvalue weighted by atomic mass is 79.9. The highest BCUT2D eigenvalue weighted by Crippen LogP contribution is 2.51. The Morgan fingerprint density at radius 1 is 0.593 bits per heavy atom. The van der Waals surface area contributed by atoms with Crippen LogP contribution in [0.25, 0.3) is 21.8 Å². The SMILES string of the molecule is COc1ccc([C@@](C[N+](=O)[O-])(c2c[nH]c3ccc(Br)cc23)C(F)(F)F)cc1.COc1ccc([C@@](C[N+](=O)[O-])(c2c[nH]c3ccc(Br)cc23)C(F)(F)F)cc1. The van der Waals surface area contributed by atoms with Gasteiger partial charge in [-0.15, -0.1) is 0 Å². The van der Waals surface area contributed by atoms with Gasteiger partial charge in [0.1, 0.15) is 11.5 Å². The number of fused-ring (bicyclic) bond motifs is 2. The van der Waals surface area contributed by atoms with Gasteiger partial charge in [-0.05, 0) is 71.8 Å². The molecular formula is C36H28Br2F6N4O6. The molecule has 284 valence electrons. The van der Waals surface area contributed by atoms with Gasteiger partial charge in [0.05, 0.1) is 14.2 Å². The first-order valence-electron chi connectivity index (χ1n) is 15.6. The van der Waals surface area contributed by atoms with E-state index in [1.807, 2.05) is 0 Å². The van der Waals surface area contributed by atoms with E-state index in [1.54, 1.807) is 24.3 Å². The van der Waals surface area contributed by atoms with Gasteiger partial charge in [-0.3, -0.25) is 20.2 Å². The molecule has 10 nitrogen and oxygen atoms in total. The monoisotopic (exact) mass is 884 g/mol. The second kappa shape index (κ2) is 15.3. The number of nitrogens with one attached hydrogen (secondary N) is 2. The van der Waals surface area contributed by atoms with Gasteiger partial charge in [0.25, 0.3) is 0 Å². The van der Waals surface area contributed by atoms with Gasteiger partial charge in [0, 0.05) is 64.1 Å². The maximum absolute atomic E-state index is 14.4. The van der Waals surface area contributed by atoms with Crippen LogP contribution in [0.4, 0.5) is 26.3 Å². The molecule has 0 fully saturated rings. The lowest BCUT2D eigenvalue weighted by Gasteiger charge is -2.33. The Kier molecular flexibility index (Phi) is 11.4. The number of nitro groups is 2. The third-order valence-electron chi connectivity index (χ3n) is 9.07. The minimum atomic E-state index is -4.91. The van der Waals surface area contributed by atoms with Crippen LogP contribution in [0, 0.1) is 20.2 Å². The van der Waals surface area contributed by atoms with Crippen LogP contribution in [0.1, 0.15) is 22.3 Å². The summed E-state index contributed by atoms with van der Waals surface area (Å²) in [5, 5.41) is 23.2. The number of aromatic nitrogens is 2. The Balaban J connectivity index is 0.000000208. The van der Waals surface area contributed by atoms with Crippen molar-refractivity contribution in [3.63, 3.8) is 0 Å². The van der Waals surface area contributed by atoms with E-state index in [-0.39, 0.29) is 33.0 Å².